The summed E-state index contributed by atoms with van der Waals surface area (Å²) in [7, 11) is 0. The predicted molar refractivity (Wildman–Crippen MR) is 49.1 cm³/mol. The van der Waals surface area contributed by atoms with Crippen LogP contribution >= 0.6 is 0 Å². The molecule has 0 aromatic carbocycles. The van der Waals surface area contributed by atoms with Gasteiger partial charge < -0.3 is 15.3 Å². The van der Waals surface area contributed by atoms with Crippen LogP contribution < -0.4 is 5.32 Å². The average molecular weight is 214 g/mol. The van der Waals surface area contributed by atoms with Gasteiger partial charge in [0.2, 0.25) is 0 Å². The molecule has 1 radical (unpaired) electrons. The van der Waals surface area contributed by atoms with Crippen molar-refractivity contribution < 1.29 is 24.9 Å². The zero-order chi connectivity index (χ0) is 10.3. The molecule has 0 amide bonds. The Morgan fingerprint density at radius 2 is 1.86 bits per heavy atom. The van der Waals surface area contributed by atoms with E-state index in [0.29, 0.717) is 6.42 Å². The first-order chi connectivity index (χ1) is 6.07. The van der Waals surface area contributed by atoms with Gasteiger partial charge in [0, 0.05) is 36.2 Å². The SMILES string of the molecule is O=C(O)CNC(CCCO)C(=O)O.[Na]. The van der Waals surface area contributed by atoms with Gasteiger partial charge in [-0.1, -0.05) is 0 Å². The number of aliphatic hydroxyl groups is 1. The Morgan fingerprint density at radius 3 is 2.21 bits per heavy atom. The summed E-state index contributed by atoms with van der Waals surface area (Å²) >= 11 is 0. The second kappa shape index (κ2) is 9.42. The van der Waals surface area contributed by atoms with Gasteiger partial charge in [0.15, 0.2) is 0 Å². The van der Waals surface area contributed by atoms with Gasteiger partial charge >= 0.3 is 11.9 Å². The van der Waals surface area contributed by atoms with Crippen LogP contribution in [0.3, 0.4) is 0 Å². The Bertz CT molecular complexity index is 187. The summed E-state index contributed by atoms with van der Waals surface area (Å²) in [6.07, 6.45) is 0.558. The van der Waals surface area contributed by atoms with Crippen LogP contribution in [0.4, 0.5) is 0 Å². The number of nitrogens with one attached hydrogen (secondary N) is 1. The maximum atomic E-state index is 10.5. The van der Waals surface area contributed by atoms with Crippen LogP contribution in [-0.2, 0) is 9.59 Å². The fourth-order valence-corrected chi connectivity index (χ4v) is 0.819. The normalized spacial score (nSPS) is 11.5. The summed E-state index contributed by atoms with van der Waals surface area (Å²) in [6, 6.07) is -0.900. The van der Waals surface area contributed by atoms with Crippen molar-refractivity contribution in [1.82, 2.24) is 5.32 Å². The van der Waals surface area contributed by atoms with E-state index >= 15 is 0 Å². The first-order valence-electron chi connectivity index (χ1n) is 3.86. The first-order valence-corrected chi connectivity index (χ1v) is 3.86. The molecule has 1 atom stereocenters. The van der Waals surface area contributed by atoms with Crippen LogP contribution in [-0.4, -0.2) is 76.0 Å². The molecule has 0 aromatic heterocycles. The van der Waals surface area contributed by atoms with E-state index in [1.807, 2.05) is 0 Å². The summed E-state index contributed by atoms with van der Waals surface area (Å²) in [5.74, 6) is -2.20. The van der Waals surface area contributed by atoms with Gasteiger partial charge in [-0.2, -0.15) is 0 Å². The minimum absolute atomic E-state index is 0. The molecule has 0 bridgehead atoms. The number of hydrogen-bond acceptors (Lipinski definition) is 4. The Hall–Kier alpha value is -0.140. The fraction of sp³-hybridized carbons (Fsp3) is 0.714. The van der Waals surface area contributed by atoms with Crippen molar-refractivity contribution in [3.8, 4) is 0 Å². The molecule has 14 heavy (non-hydrogen) atoms. The Kier molecular flexibility index (Phi) is 11.0. The van der Waals surface area contributed by atoms with Gasteiger partial charge in [0.1, 0.15) is 6.04 Å². The monoisotopic (exact) mass is 214 g/mol. The second-order valence-electron chi connectivity index (χ2n) is 2.53. The zero-order valence-electron chi connectivity index (χ0n) is 8.06. The van der Waals surface area contributed by atoms with Crippen molar-refractivity contribution in [2.24, 2.45) is 0 Å². The Morgan fingerprint density at radius 1 is 1.29 bits per heavy atom. The van der Waals surface area contributed by atoms with Crippen LogP contribution in [0.2, 0.25) is 0 Å². The van der Waals surface area contributed by atoms with Crippen molar-refractivity contribution in [3.63, 3.8) is 0 Å². The van der Waals surface area contributed by atoms with Crippen molar-refractivity contribution in [2.75, 3.05) is 13.2 Å². The molecular formula is C7H13NNaO5. The van der Waals surface area contributed by atoms with Gasteiger partial charge in [-0.25, -0.2) is 0 Å². The molecule has 0 aromatic rings. The summed E-state index contributed by atoms with van der Waals surface area (Å²) in [5, 5.41) is 27.6. The third-order valence-electron chi connectivity index (χ3n) is 1.45. The maximum absolute atomic E-state index is 10.5. The summed E-state index contributed by atoms with van der Waals surface area (Å²) in [4.78, 5) is 20.6. The zero-order valence-corrected chi connectivity index (χ0v) is 10.1. The second-order valence-corrected chi connectivity index (χ2v) is 2.53. The van der Waals surface area contributed by atoms with Crippen LogP contribution in [0.1, 0.15) is 12.8 Å². The number of hydrogen-bond donors (Lipinski definition) is 4. The van der Waals surface area contributed by atoms with Crippen LogP contribution in [0.15, 0.2) is 0 Å². The molecule has 6 nitrogen and oxygen atoms in total. The van der Waals surface area contributed by atoms with Crippen molar-refractivity contribution in [1.29, 1.82) is 0 Å². The Labute approximate surface area is 104 Å². The van der Waals surface area contributed by atoms with Gasteiger partial charge in [-0.15, -0.1) is 0 Å². The topological polar surface area (TPSA) is 107 Å². The molecule has 0 aliphatic heterocycles. The standard InChI is InChI=1S/C7H13NO5.Na/c9-3-1-2-5(7(12)13)8-4-6(10)11;/h5,8-9H,1-4H2,(H,10,11)(H,12,13);. The molecule has 77 valence electrons. The van der Waals surface area contributed by atoms with Gasteiger partial charge in [0.25, 0.3) is 0 Å². The summed E-state index contributed by atoms with van der Waals surface area (Å²) in [6.45, 7) is -0.485. The molecule has 0 aliphatic carbocycles. The smallest absolute Gasteiger partial charge is 0.320 e. The van der Waals surface area contributed by atoms with Gasteiger partial charge in [0.05, 0.1) is 6.54 Å². The number of aliphatic hydroxyl groups excluding tert-OH is 1. The molecule has 4 N–H and O–H groups in total. The molecule has 0 spiro atoms. The summed E-state index contributed by atoms with van der Waals surface area (Å²) < 4.78 is 0. The summed E-state index contributed by atoms with van der Waals surface area (Å²) in [5.41, 5.74) is 0. The predicted octanol–water partition coefficient (Wildman–Crippen LogP) is -1.49. The van der Waals surface area contributed by atoms with E-state index in [9.17, 15) is 9.59 Å². The first kappa shape index (κ1) is 16.3. The third kappa shape index (κ3) is 8.46. The minimum atomic E-state index is -1.10. The van der Waals surface area contributed by atoms with E-state index in [0.717, 1.165) is 0 Å². The molecular weight excluding hydrogens is 201 g/mol. The number of aliphatic carboxylic acids is 2. The maximum Gasteiger partial charge on any atom is 0.320 e. The van der Waals surface area contributed by atoms with Crippen LogP contribution in [0.5, 0.6) is 0 Å². The number of rotatable bonds is 7. The molecule has 0 aliphatic rings. The quantitative estimate of drug-likeness (QED) is 0.384. The van der Waals surface area contributed by atoms with E-state index in [-0.39, 0.29) is 49.1 Å². The van der Waals surface area contributed by atoms with E-state index in [1.165, 1.54) is 0 Å². The molecule has 1 unspecified atom stereocenters. The molecule has 7 heteroatoms. The van der Waals surface area contributed by atoms with Crippen LogP contribution in [0.25, 0.3) is 0 Å². The third-order valence-corrected chi connectivity index (χ3v) is 1.45. The van der Waals surface area contributed by atoms with Crippen molar-refractivity contribution >= 4 is 41.5 Å². The Balaban J connectivity index is 0. The van der Waals surface area contributed by atoms with Crippen LogP contribution in [0, 0.1) is 0 Å². The van der Waals surface area contributed by atoms with Gasteiger partial charge in [-0.3, -0.25) is 14.9 Å². The van der Waals surface area contributed by atoms with Crippen molar-refractivity contribution in [3.05, 3.63) is 0 Å². The molecule has 0 rings (SSSR count). The minimum Gasteiger partial charge on any atom is -0.480 e. The molecule has 0 heterocycles. The largest absolute Gasteiger partial charge is 0.480 e. The number of carboxylic acids is 2. The van der Waals surface area contributed by atoms with E-state index in [2.05, 4.69) is 5.32 Å². The molecule has 0 saturated carbocycles. The van der Waals surface area contributed by atoms with E-state index < -0.39 is 18.0 Å². The van der Waals surface area contributed by atoms with Gasteiger partial charge in [-0.05, 0) is 12.8 Å². The average Bonchev–Trinajstić information content (AvgIpc) is 2.03. The fourth-order valence-electron chi connectivity index (χ4n) is 0.819. The van der Waals surface area contributed by atoms with E-state index in [1.54, 1.807) is 0 Å². The van der Waals surface area contributed by atoms with Crippen molar-refractivity contribution in [2.45, 2.75) is 18.9 Å². The number of carbonyl (C=O) groups is 2. The molecule has 0 saturated heterocycles. The molecule has 0 fully saturated rings. The van der Waals surface area contributed by atoms with E-state index in [4.69, 9.17) is 15.3 Å². The number of carboxylic acid groups (broad SMARTS) is 2.